The van der Waals surface area contributed by atoms with Crippen LogP contribution in [0.2, 0.25) is 5.02 Å². The first-order valence-electron chi connectivity index (χ1n) is 12.0. The third kappa shape index (κ3) is 6.20. The number of halogens is 1. The van der Waals surface area contributed by atoms with E-state index in [0.717, 1.165) is 44.0 Å². The van der Waals surface area contributed by atoms with Crippen molar-refractivity contribution in [3.05, 3.63) is 88.7 Å². The fraction of sp³-hybridized carbons (Fsp3) is 0.296. The molecular formula is C27H28ClN5O3. The SMILES string of the molecule is O=C(c1ccc2oc(NCc3cccc(Cl)c3)nc2c1)N(CCN1CCOCC1)Cc1cccnc1. The number of nitrogens with one attached hydrogen (secondary N) is 1. The van der Waals surface area contributed by atoms with Crippen molar-refractivity contribution in [2.45, 2.75) is 13.1 Å². The molecule has 3 heterocycles. The number of hydrogen-bond donors (Lipinski definition) is 1. The van der Waals surface area contributed by atoms with E-state index < -0.39 is 0 Å². The van der Waals surface area contributed by atoms with Crippen LogP contribution in [-0.2, 0) is 17.8 Å². The zero-order valence-corrected chi connectivity index (χ0v) is 20.7. The van der Waals surface area contributed by atoms with E-state index in [1.165, 1.54) is 0 Å². The van der Waals surface area contributed by atoms with Gasteiger partial charge in [-0.1, -0.05) is 29.8 Å². The van der Waals surface area contributed by atoms with Crippen LogP contribution < -0.4 is 5.32 Å². The molecule has 5 rings (SSSR count). The molecule has 1 N–H and O–H groups in total. The van der Waals surface area contributed by atoms with Crippen LogP contribution in [0.3, 0.4) is 0 Å². The van der Waals surface area contributed by atoms with Gasteiger partial charge < -0.3 is 19.4 Å². The molecule has 0 saturated carbocycles. The first-order valence-corrected chi connectivity index (χ1v) is 12.4. The molecule has 1 aliphatic heterocycles. The Morgan fingerprint density at radius 2 is 1.94 bits per heavy atom. The molecular weight excluding hydrogens is 478 g/mol. The standard InChI is InChI=1S/C27H28ClN5O3/c28-23-5-1-3-20(15-23)18-30-27-31-24-16-22(6-7-25(24)36-27)26(34)33(19-21-4-2-8-29-17-21)10-9-32-11-13-35-14-12-32/h1-8,15-17H,9-14,18-19H2,(H,30,31). The summed E-state index contributed by atoms with van der Waals surface area (Å²) in [5.74, 6) is -0.0505. The maximum Gasteiger partial charge on any atom is 0.295 e. The van der Waals surface area contributed by atoms with Crippen LogP contribution in [0.4, 0.5) is 6.01 Å². The Hall–Kier alpha value is -3.46. The largest absolute Gasteiger partial charge is 0.424 e. The number of amides is 1. The number of rotatable bonds is 9. The van der Waals surface area contributed by atoms with Crippen molar-refractivity contribution in [1.29, 1.82) is 0 Å². The van der Waals surface area contributed by atoms with Crippen LogP contribution in [0.15, 0.2) is 71.4 Å². The van der Waals surface area contributed by atoms with Crippen molar-refractivity contribution >= 4 is 34.6 Å². The highest BCUT2D eigenvalue weighted by molar-refractivity contribution is 6.30. The summed E-state index contributed by atoms with van der Waals surface area (Å²) in [4.78, 5) is 26.5. The maximum atomic E-state index is 13.6. The molecule has 8 nitrogen and oxygen atoms in total. The molecule has 0 aliphatic carbocycles. The summed E-state index contributed by atoms with van der Waals surface area (Å²) in [6, 6.07) is 17.3. The number of nitrogens with zero attached hydrogens (tertiary/aromatic N) is 4. The van der Waals surface area contributed by atoms with Gasteiger partial charge in [-0.05, 0) is 47.5 Å². The van der Waals surface area contributed by atoms with Gasteiger partial charge in [0, 0.05) is 62.2 Å². The van der Waals surface area contributed by atoms with Crippen LogP contribution in [-0.4, -0.2) is 65.1 Å². The van der Waals surface area contributed by atoms with Gasteiger partial charge in [-0.25, -0.2) is 0 Å². The minimum atomic E-state index is -0.0505. The molecule has 9 heteroatoms. The molecule has 1 amide bonds. The van der Waals surface area contributed by atoms with Gasteiger partial charge in [-0.15, -0.1) is 0 Å². The third-order valence-electron chi connectivity index (χ3n) is 6.14. The summed E-state index contributed by atoms with van der Waals surface area (Å²) in [5, 5.41) is 3.86. The van der Waals surface area contributed by atoms with Gasteiger partial charge in [-0.3, -0.25) is 14.7 Å². The van der Waals surface area contributed by atoms with E-state index in [1.54, 1.807) is 30.6 Å². The summed E-state index contributed by atoms with van der Waals surface area (Å²) in [6.07, 6.45) is 3.54. The van der Waals surface area contributed by atoms with Crippen molar-refractivity contribution in [2.75, 3.05) is 44.7 Å². The van der Waals surface area contributed by atoms with Gasteiger partial charge in [0.2, 0.25) is 0 Å². The summed E-state index contributed by atoms with van der Waals surface area (Å²) >= 11 is 6.07. The van der Waals surface area contributed by atoms with E-state index in [4.69, 9.17) is 20.8 Å². The van der Waals surface area contributed by atoms with Crippen LogP contribution in [0, 0.1) is 0 Å². The third-order valence-corrected chi connectivity index (χ3v) is 6.38. The van der Waals surface area contributed by atoms with E-state index in [0.29, 0.717) is 47.3 Å². The molecule has 1 saturated heterocycles. The highest BCUT2D eigenvalue weighted by atomic mass is 35.5. The molecule has 0 unspecified atom stereocenters. The molecule has 4 aromatic rings. The average Bonchev–Trinajstić information content (AvgIpc) is 3.33. The van der Waals surface area contributed by atoms with Crippen LogP contribution in [0.5, 0.6) is 0 Å². The van der Waals surface area contributed by atoms with Crippen molar-refractivity contribution in [1.82, 2.24) is 19.8 Å². The fourth-order valence-electron chi connectivity index (χ4n) is 4.19. The molecule has 1 fully saturated rings. The van der Waals surface area contributed by atoms with Crippen molar-refractivity contribution in [2.24, 2.45) is 0 Å². The van der Waals surface area contributed by atoms with E-state index in [2.05, 4.69) is 20.2 Å². The van der Waals surface area contributed by atoms with E-state index >= 15 is 0 Å². The Morgan fingerprint density at radius 3 is 2.75 bits per heavy atom. The lowest BCUT2D eigenvalue weighted by molar-refractivity contribution is 0.0320. The lowest BCUT2D eigenvalue weighted by Gasteiger charge is -2.30. The minimum absolute atomic E-state index is 0.0505. The monoisotopic (exact) mass is 505 g/mol. The Kier molecular flexibility index (Phi) is 7.76. The van der Waals surface area contributed by atoms with Gasteiger partial charge in [0.25, 0.3) is 11.9 Å². The van der Waals surface area contributed by atoms with Gasteiger partial charge in [-0.2, -0.15) is 4.98 Å². The van der Waals surface area contributed by atoms with E-state index in [1.807, 2.05) is 41.3 Å². The predicted octanol–water partition coefficient (Wildman–Crippen LogP) is 4.46. The van der Waals surface area contributed by atoms with Crippen molar-refractivity contribution in [3.63, 3.8) is 0 Å². The molecule has 36 heavy (non-hydrogen) atoms. The number of aromatic nitrogens is 2. The lowest BCUT2D eigenvalue weighted by Crippen LogP contribution is -2.42. The number of hydrogen-bond acceptors (Lipinski definition) is 7. The van der Waals surface area contributed by atoms with Crippen molar-refractivity contribution in [3.8, 4) is 0 Å². The first kappa shape index (κ1) is 24.2. The normalized spacial score (nSPS) is 14.1. The summed E-state index contributed by atoms with van der Waals surface area (Å²) in [6.45, 7) is 5.63. The second-order valence-electron chi connectivity index (χ2n) is 8.73. The zero-order valence-electron chi connectivity index (χ0n) is 19.9. The first-order chi connectivity index (χ1) is 17.6. The Balaban J connectivity index is 1.30. The summed E-state index contributed by atoms with van der Waals surface area (Å²) < 4.78 is 11.3. The zero-order chi connectivity index (χ0) is 24.7. The molecule has 2 aromatic carbocycles. The van der Waals surface area contributed by atoms with Crippen LogP contribution in [0.1, 0.15) is 21.5 Å². The molecule has 186 valence electrons. The van der Waals surface area contributed by atoms with E-state index in [-0.39, 0.29) is 5.91 Å². The number of carbonyl (C=O) groups excluding carboxylic acids is 1. The maximum absolute atomic E-state index is 13.6. The summed E-state index contributed by atoms with van der Waals surface area (Å²) in [7, 11) is 0. The minimum Gasteiger partial charge on any atom is -0.424 e. The van der Waals surface area contributed by atoms with Crippen LogP contribution in [0.25, 0.3) is 11.1 Å². The Labute approximate surface area is 214 Å². The number of anilines is 1. The fourth-order valence-corrected chi connectivity index (χ4v) is 4.41. The molecule has 0 radical (unpaired) electrons. The molecule has 2 aromatic heterocycles. The molecule has 0 spiro atoms. The number of ether oxygens (including phenoxy) is 1. The number of morpholine rings is 1. The summed E-state index contributed by atoms with van der Waals surface area (Å²) in [5.41, 5.74) is 3.83. The van der Waals surface area contributed by atoms with Gasteiger partial charge in [0.05, 0.1) is 13.2 Å². The van der Waals surface area contributed by atoms with Gasteiger partial charge in [0.1, 0.15) is 5.52 Å². The number of carbonyl (C=O) groups is 1. The molecule has 0 atom stereocenters. The highest BCUT2D eigenvalue weighted by Gasteiger charge is 2.20. The number of oxazole rings is 1. The molecule has 1 aliphatic rings. The van der Waals surface area contributed by atoms with E-state index in [9.17, 15) is 4.79 Å². The topological polar surface area (TPSA) is 83.7 Å². The second-order valence-corrected chi connectivity index (χ2v) is 9.16. The quantitative estimate of drug-likeness (QED) is 0.359. The number of pyridine rings is 1. The number of benzene rings is 2. The highest BCUT2D eigenvalue weighted by Crippen LogP contribution is 2.22. The second kappa shape index (κ2) is 11.5. The smallest absolute Gasteiger partial charge is 0.295 e. The molecule has 0 bridgehead atoms. The predicted molar refractivity (Wildman–Crippen MR) is 139 cm³/mol. The lowest BCUT2D eigenvalue weighted by atomic mass is 10.1. The van der Waals surface area contributed by atoms with Gasteiger partial charge in [0.15, 0.2) is 5.58 Å². The Morgan fingerprint density at radius 1 is 1.08 bits per heavy atom. The van der Waals surface area contributed by atoms with Crippen molar-refractivity contribution < 1.29 is 13.9 Å². The van der Waals surface area contributed by atoms with Crippen LogP contribution >= 0.6 is 11.6 Å². The Bertz CT molecular complexity index is 1310. The van der Waals surface area contributed by atoms with Gasteiger partial charge >= 0.3 is 0 Å². The number of fused-ring (bicyclic) bond motifs is 1. The average molecular weight is 506 g/mol.